The van der Waals surface area contributed by atoms with E-state index in [0.717, 1.165) is 12.1 Å². The molecule has 0 radical (unpaired) electrons. The molecule has 0 fully saturated rings. The Kier molecular flexibility index (Phi) is 2.82. The molecule has 2 unspecified atom stereocenters. The van der Waals surface area contributed by atoms with Crippen molar-refractivity contribution < 1.29 is 22.5 Å². The van der Waals surface area contributed by atoms with Gasteiger partial charge < -0.3 is 9.87 Å². The zero-order valence-electron chi connectivity index (χ0n) is 8.67. The van der Waals surface area contributed by atoms with E-state index in [1.165, 1.54) is 12.3 Å². The minimum absolute atomic E-state index is 0.144. The van der Waals surface area contributed by atoms with Crippen LogP contribution in [0.3, 0.4) is 0 Å². The van der Waals surface area contributed by atoms with Crippen molar-refractivity contribution in [3.8, 4) is 0 Å². The quantitative estimate of drug-likeness (QED) is 0.789. The van der Waals surface area contributed by atoms with Crippen LogP contribution in [0.4, 0.5) is 18.9 Å². The Hall–Kier alpha value is -1.21. The minimum Gasteiger partial charge on any atom is -0.616 e. The first-order valence-electron chi connectivity index (χ1n) is 4.65. The molecule has 1 N–H and O–H groups in total. The molecule has 0 aliphatic carbocycles. The van der Waals surface area contributed by atoms with Crippen LogP contribution < -0.4 is 5.32 Å². The number of anilines is 1. The second-order valence-electron chi connectivity index (χ2n) is 3.67. The molecule has 0 saturated carbocycles. The third-order valence-corrected chi connectivity index (χ3v) is 3.62. The second kappa shape index (κ2) is 3.92. The van der Waals surface area contributed by atoms with Crippen molar-refractivity contribution >= 4 is 22.8 Å². The van der Waals surface area contributed by atoms with E-state index in [0.29, 0.717) is 5.69 Å². The van der Waals surface area contributed by atoms with Crippen molar-refractivity contribution in [2.45, 2.75) is 11.4 Å². The summed E-state index contributed by atoms with van der Waals surface area (Å²) < 4.78 is 48.9. The summed E-state index contributed by atoms with van der Waals surface area (Å²) in [4.78, 5) is 11.4. The van der Waals surface area contributed by atoms with Crippen molar-refractivity contribution in [2.75, 3.05) is 11.6 Å². The van der Waals surface area contributed by atoms with Gasteiger partial charge in [0.2, 0.25) is 5.25 Å². The van der Waals surface area contributed by atoms with Crippen molar-refractivity contribution in [2.24, 2.45) is 0 Å². The number of benzene rings is 1. The molecule has 7 heteroatoms. The normalized spacial score (nSPS) is 21.0. The summed E-state index contributed by atoms with van der Waals surface area (Å²) >= 11 is -1.55. The molecule has 1 heterocycles. The van der Waals surface area contributed by atoms with Crippen molar-refractivity contribution in [3.05, 3.63) is 29.3 Å². The van der Waals surface area contributed by atoms with E-state index < -0.39 is 34.1 Å². The number of alkyl halides is 3. The fraction of sp³-hybridized carbons (Fsp3) is 0.300. The molecule has 0 aromatic heterocycles. The highest BCUT2D eigenvalue weighted by molar-refractivity contribution is 7.91. The van der Waals surface area contributed by atoms with E-state index in [1.54, 1.807) is 0 Å². The standard InChI is InChI=1S/C10H8F3NO2S/c1-17(16)8-6-4-5(10(11,12)13)2-3-7(6)14-9(8)15/h2-4,8H,1H3,(H,14,15). The summed E-state index contributed by atoms with van der Waals surface area (Å²) in [5.74, 6) is -0.528. The topological polar surface area (TPSA) is 52.2 Å². The van der Waals surface area contributed by atoms with E-state index in [-0.39, 0.29) is 5.56 Å². The molecule has 3 nitrogen and oxygen atoms in total. The third-order valence-electron chi connectivity index (χ3n) is 2.49. The summed E-state index contributed by atoms with van der Waals surface area (Å²) in [6, 6.07) is 2.95. The molecule has 92 valence electrons. The van der Waals surface area contributed by atoms with Crippen LogP contribution in [0.1, 0.15) is 16.4 Å². The van der Waals surface area contributed by atoms with E-state index in [9.17, 15) is 22.5 Å². The van der Waals surface area contributed by atoms with Crippen LogP contribution in [0.25, 0.3) is 0 Å². The lowest BCUT2D eigenvalue weighted by Crippen LogP contribution is -2.20. The van der Waals surface area contributed by atoms with Gasteiger partial charge in [0.05, 0.1) is 11.8 Å². The van der Waals surface area contributed by atoms with Gasteiger partial charge in [0.25, 0.3) is 5.91 Å². The number of hydrogen-bond donors (Lipinski definition) is 1. The fourth-order valence-electron chi connectivity index (χ4n) is 1.74. The number of halogens is 3. The Labute approximate surface area is 98.2 Å². The first kappa shape index (κ1) is 12.3. The SMILES string of the molecule is C[S+]([O-])C1C(=O)Nc2ccc(C(F)(F)F)cc21. The molecule has 1 aliphatic rings. The van der Waals surface area contributed by atoms with Crippen molar-refractivity contribution in [1.82, 2.24) is 0 Å². The molecule has 2 rings (SSSR count). The van der Waals surface area contributed by atoms with Gasteiger partial charge in [-0.15, -0.1) is 0 Å². The highest BCUT2D eigenvalue weighted by atomic mass is 32.2. The maximum Gasteiger partial charge on any atom is 0.416 e. The molecule has 1 aromatic rings. The number of rotatable bonds is 1. The number of nitrogens with one attached hydrogen (secondary N) is 1. The van der Waals surface area contributed by atoms with E-state index in [2.05, 4.69) is 5.32 Å². The molecular weight excluding hydrogens is 255 g/mol. The van der Waals surface area contributed by atoms with Gasteiger partial charge in [-0.3, -0.25) is 4.79 Å². The molecule has 1 amide bonds. The average Bonchev–Trinajstić information content (AvgIpc) is 2.50. The van der Waals surface area contributed by atoms with Crippen LogP contribution in [0.2, 0.25) is 0 Å². The lowest BCUT2D eigenvalue weighted by atomic mass is 10.1. The molecule has 1 aliphatic heterocycles. The predicted molar refractivity (Wildman–Crippen MR) is 56.9 cm³/mol. The summed E-state index contributed by atoms with van der Waals surface area (Å²) in [5.41, 5.74) is -0.406. The highest BCUT2D eigenvalue weighted by Crippen LogP contribution is 2.39. The third kappa shape index (κ3) is 2.12. The highest BCUT2D eigenvalue weighted by Gasteiger charge is 2.40. The summed E-state index contributed by atoms with van der Waals surface area (Å²) in [7, 11) is 0. The lowest BCUT2D eigenvalue weighted by molar-refractivity contribution is -0.137. The first-order chi connectivity index (χ1) is 7.80. The van der Waals surface area contributed by atoms with Gasteiger partial charge in [-0.2, -0.15) is 13.2 Å². The number of carbonyl (C=O) groups excluding carboxylic acids is 1. The molecule has 0 bridgehead atoms. The number of hydrogen-bond acceptors (Lipinski definition) is 2. The van der Waals surface area contributed by atoms with Crippen LogP contribution in [0, 0.1) is 0 Å². The van der Waals surface area contributed by atoms with Crippen LogP contribution in [-0.4, -0.2) is 16.7 Å². The second-order valence-corrected chi connectivity index (χ2v) is 5.14. The fourth-order valence-corrected chi connectivity index (χ4v) is 2.65. The van der Waals surface area contributed by atoms with Crippen LogP contribution in [-0.2, 0) is 22.1 Å². The van der Waals surface area contributed by atoms with Crippen molar-refractivity contribution in [3.63, 3.8) is 0 Å². The molecule has 17 heavy (non-hydrogen) atoms. The maximum atomic E-state index is 12.5. The first-order valence-corrected chi connectivity index (χ1v) is 6.27. The van der Waals surface area contributed by atoms with Crippen LogP contribution in [0.15, 0.2) is 18.2 Å². The van der Waals surface area contributed by atoms with Gasteiger partial charge in [-0.25, -0.2) is 0 Å². The Balaban J connectivity index is 2.49. The Morgan fingerprint density at radius 2 is 2.06 bits per heavy atom. The van der Waals surface area contributed by atoms with Crippen molar-refractivity contribution in [1.29, 1.82) is 0 Å². The monoisotopic (exact) mass is 263 g/mol. The van der Waals surface area contributed by atoms with Gasteiger partial charge in [0.15, 0.2) is 0 Å². The van der Waals surface area contributed by atoms with Gasteiger partial charge >= 0.3 is 6.18 Å². The van der Waals surface area contributed by atoms with Gasteiger partial charge in [0, 0.05) is 11.3 Å². The van der Waals surface area contributed by atoms with Crippen LogP contribution >= 0.6 is 0 Å². The zero-order valence-corrected chi connectivity index (χ0v) is 9.48. The predicted octanol–water partition coefficient (Wildman–Crippen LogP) is 2.08. The van der Waals surface area contributed by atoms with Gasteiger partial charge in [-0.1, -0.05) is 0 Å². The Bertz CT molecular complexity index is 473. The van der Waals surface area contributed by atoms with Gasteiger partial charge in [0.1, 0.15) is 0 Å². The largest absolute Gasteiger partial charge is 0.616 e. The van der Waals surface area contributed by atoms with Gasteiger partial charge in [-0.05, 0) is 29.4 Å². The number of fused-ring (bicyclic) bond motifs is 1. The average molecular weight is 263 g/mol. The van der Waals surface area contributed by atoms with E-state index >= 15 is 0 Å². The molecular formula is C10H8F3NO2S. The van der Waals surface area contributed by atoms with E-state index in [1.807, 2.05) is 0 Å². The number of carbonyl (C=O) groups is 1. The lowest BCUT2D eigenvalue weighted by Gasteiger charge is -2.13. The Morgan fingerprint density at radius 3 is 2.59 bits per heavy atom. The summed E-state index contributed by atoms with van der Waals surface area (Å²) in [5, 5.41) is 1.39. The zero-order chi connectivity index (χ0) is 12.8. The Morgan fingerprint density at radius 1 is 1.41 bits per heavy atom. The summed E-state index contributed by atoms with van der Waals surface area (Å²) in [6.07, 6.45) is -3.18. The molecule has 0 spiro atoms. The molecule has 2 atom stereocenters. The smallest absolute Gasteiger partial charge is 0.416 e. The minimum atomic E-state index is -4.47. The van der Waals surface area contributed by atoms with E-state index in [4.69, 9.17) is 0 Å². The number of amides is 1. The van der Waals surface area contributed by atoms with Crippen LogP contribution in [0.5, 0.6) is 0 Å². The molecule has 1 aromatic carbocycles. The molecule has 0 saturated heterocycles. The summed E-state index contributed by atoms with van der Waals surface area (Å²) in [6.45, 7) is 0. The maximum absolute atomic E-state index is 12.5.